The second-order valence-electron chi connectivity index (χ2n) is 6.62. The van der Waals surface area contributed by atoms with Gasteiger partial charge in [0.15, 0.2) is 11.6 Å². The molecular weight excluding hydrogens is 378 g/mol. The van der Waals surface area contributed by atoms with Gasteiger partial charge in [-0.15, -0.1) is 0 Å². The molecule has 1 amide bonds. The molecule has 0 atom stereocenters. The first-order valence-electron chi connectivity index (χ1n) is 8.96. The van der Waals surface area contributed by atoms with Crippen molar-refractivity contribution in [3.63, 3.8) is 0 Å². The van der Waals surface area contributed by atoms with Crippen LogP contribution in [0.25, 0.3) is 0 Å². The summed E-state index contributed by atoms with van der Waals surface area (Å²) in [5.41, 5.74) is 1.51. The highest BCUT2D eigenvalue weighted by atomic mass is 19.2. The average molecular weight is 398 g/mol. The van der Waals surface area contributed by atoms with E-state index in [-0.39, 0.29) is 23.4 Å². The van der Waals surface area contributed by atoms with Gasteiger partial charge in [0.25, 0.3) is 5.91 Å². The van der Waals surface area contributed by atoms with E-state index in [0.29, 0.717) is 17.1 Å². The Balaban J connectivity index is 1.74. The van der Waals surface area contributed by atoms with E-state index in [1.165, 1.54) is 12.1 Å². The number of ether oxygens (including phenoxy) is 1. The van der Waals surface area contributed by atoms with Crippen molar-refractivity contribution in [2.75, 3.05) is 10.6 Å². The van der Waals surface area contributed by atoms with Crippen LogP contribution in [-0.2, 0) is 0 Å². The smallest absolute Gasteiger partial charge is 0.274 e. The van der Waals surface area contributed by atoms with Crippen molar-refractivity contribution in [1.82, 2.24) is 9.97 Å². The van der Waals surface area contributed by atoms with Gasteiger partial charge in [0.05, 0.1) is 6.10 Å². The van der Waals surface area contributed by atoms with Crippen molar-refractivity contribution >= 4 is 23.2 Å². The summed E-state index contributed by atoms with van der Waals surface area (Å²) in [5.74, 6) is -1.58. The van der Waals surface area contributed by atoms with Crippen molar-refractivity contribution < 1.29 is 18.3 Å². The fraction of sp³-hybridized carbons (Fsp3) is 0.190. The van der Waals surface area contributed by atoms with Crippen LogP contribution in [0.3, 0.4) is 0 Å². The number of nitrogens with one attached hydrogen (secondary N) is 2. The second-order valence-corrected chi connectivity index (χ2v) is 6.62. The zero-order valence-electron chi connectivity index (χ0n) is 16.2. The van der Waals surface area contributed by atoms with E-state index < -0.39 is 17.5 Å². The summed E-state index contributed by atoms with van der Waals surface area (Å²) in [7, 11) is 0. The van der Waals surface area contributed by atoms with Crippen LogP contribution in [0.15, 0.2) is 48.5 Å². The number of hydrogen-bond donors (Lipinski definition) is 2. The largest absolute Gasteiger partial charge is 0.491 e. The number of carbonyl (C=O) groups is 1. The Bertz CT molecular complexity index is 1020. The van der Waals surface area contributed by atoms with Crippen molar-refractivity contribution in [3.8, 4) is 5.75 Å². The van der Waals surface area contributed by atoms with E-state index in [1.807, 2.05) is 13.8 Å². The highest BCUT2D eigenvalue weighted by Gasteiger charge is 2.12. The van der Waals surface area contributed by atoms with Gasteiger partial charge in [0, 0.05) is 23.1 Å². The van der Waals surface area contributed by atoms with Gasteiger partial charge < -0.3 is 15.4 Å². The average Bonchev–Trinajstić information content (AvgIpc) is 2.65. The normalized spacial score (nSPS) is 10.7. The summed E-state index contributed by atoms with van der Waals surface area (Å²) >= 11 is 0. The van der Waals surface area contributed by atoms with E-state index in [4.69, 9.17) is 4.74 Å². The van der Waals surface area contributed by atoms with Gasteiger partial charge in [-0.3, -0.25) is 4.79 Å². The lowest BCUT2D eigenvalue weighted by atomic mass is 10.2. The van der Waals surface area contributed by atoms with Crippen LogP contribution < -0.4 is 15.4 Å². The third-order valence-electron chi connectivity index (χ3n) is 3.75. The first-order chi connectivity index (χ1) is 13.8. The Kier molecular flexibility index (Phi) is 6.01. The summed E-state index contributed by atoms with van der Waals surface area (Å²) in [6.45, 7) is 5.56. The zero-order chi connectivity index (χ0) is 21.0. The summed E-state index contributed by atoms with van der Waals surface area (Å²) < 4.78 is 32.0. The van der Waals surface area contributed by atoms with Gasteiger partial charge in [0.2, 0.25) is 5.95 Å². The molecule has 0 saturated carbocycles. The molecule has 0 aliphatic carbocycles. The number of aromatic nitrogens is 2. The highest BCUT2D eigenvalue weighted by Crippen LogP contribution is 2.19. The number of hydrogen-bond acceptors (Lipinski definition) is 5. The number of anilines is 3. The maximum atomic E-state index is 13.4. The molecule has 0 radical (unpaired) electrons. The number of benzene rings is 2. The van der Waals surface area contributed by atoms with E-state index >= 15 is 0 Å². The molecule has 150 valence electrons. The molecule has 6 nitrogen and oxygen atoms in total. The molecule has 29 heavy (non-hydrogen) atoms. The van der Waals surface area contributed by atoms with Crippen molar-refractivity contribution in [2.24, 2.45) is 0 Å². The second kappa shape index (κ2) is 8.64. The molecule has 0 aliphatic rings. The van der Waals surface area contributed by atoms with Crippen LogP contribution in [0.4, 0.5) is 26.1 Å². The molecule has 0 fully saturated rings. The number of halogens is 2. The third-order valence-corrected chi connectivity index (χ3v) is 3.75. The summed E-state index contributed by atoms with van der Waals surface area (Å²) in [5, 5.41) is 5.52. The summed E-state index contributed by atoms with van der Waals surface area (Å²) in [4.78, 5) is 20.9. The van der Waals surface area contributed by atoms with E-state index in [9.17, 15) is 13.6 Å². The molecule has 1 heterocycles. The molecule has 0 aliphatic heterocycles. The maximum Gasteiger partial charge on any atom is 0.274 e. The van der Waals surface area contributed by atoms with Gasteiger partial charge in [-0.1, -0.05) is 0 Å². The van der Waals surface area contributed by atoms with Crippen LogP contribution in [0.5, 0.6) is 5.75 Å². The van der Waals surface area contributed by atoms with E-state index in [1.54, 1.807) is 31.2 Å². The minimum absolute atomic E-state index is 0.0555. The van der Waals surface area contributed by atoms with Crippen LogP contribution in [0, 0.1) is 18.6 Å². The van der Waals surface area contributed by atoms with Crippen LogP contribution in [0.2, 0.25) is 0 Å². The molecule has 1 aromatic heterocycles. The molecule has 0 bridgehead atoms. The van der Waals surface area contributed by atoms with E-state index in [0.717, 1.165) is 12.1 Å². The quantitative estimate of drug-likeness (QED) is 0.621. The molecule has 2 N–H and O–H groups in total. The number of amides is 1. The maximum absolute atomic E-state index is 13.4. The number of rotatable bonds is 6. The molecule has 2 aromatic carbocycles. The topological polar surface area (TPSA) is 76.1 Å². The molecule has 0 saturated heterocycles. The Labute approximate surface area is 167 Å². The Morgan fingerprint density at radius 2 is 1.66 bits per heavy atom. The third kappa shape index (κ3) is 5.47. The standard InChI is InChI=1S/C21H20F2N4O2/c1-12(2)29-16-7-4-14(5-8-16)25-20(28)19-10-13(3)24-21(27-19)26-15-6-9-17(22)18(23)11-15/h4-12H,1-3H3,(H,25,28)(H,24,26,27). The van der Waals surface area contributed by atoms with Gasteiger partial charge in [-0.2, -0.15) is 0 Å². The Morgan fingerprint density at radius 1 is 0.966 bits per heavy atom. The Morgan fingerprint density at radius 3 is 2.31 bits per heavy atom. The van der Waals surface area contributed by atoms with Crippen LogP contribution in [0.1, 0.15) is 30.0 Å². The first-order valence-corrected chi connectivity index (χ1v) is 8.96. The van der Waals surface area contributed by atoms with Crippen LogP contribution in [-0.4, -0.2) is 22.0 Å². The van der Waals surface area contributed by atoms with Gasteiger partial charge >= 0.3 is 0 Å². The van der Waals surface area contributed by atoms with Crippen LogP contribution >= 0.6 is 0 Å². The summed E-state index contributed by atoms with van der Waals surface area (Å²) in [6.07, 6.45) is 0.0555. The van der Waals surface area contributed by atoms with Gasteiger partial charge in [0.1, 0.15) is 11.4 Å². The lowest BCUT2D eigenvalue weighted by Crippen LogP contribution is -2.15. The predicted molar refractivity (Wildman–Crippen MR) is 107 cm³/mol. The predicted octanol–water partition coefficient (Wildman–Crippen LogP) is 4.85. The molecule has 0 spiro atoms. The molecule has 3 aromatic rings. The lowest BCUT2D eigenvalue weighted by molar-refractivity contribution is 0.102. The first kappa shape index (κ1) is 20.2. The number of aryl methyl sites for hydroxylation is 1. The van der Waals surface area contributed by atoms with Crippen molar-refractivity contribution in [2.45, 2.75) is 26.9 Å². The molecule has 8 heteroatoms. The monoisotopic (exact) mass is 398 g/mol. The number of nitrogens with zero attached hydrogens (tertiary/aromatic N) is 2. The fourth-order valence-electron chi connectivity index (χ4n) is 2.53. The molecule has 0 unspecified atom stereocenters. The van der Waals surface area contributed by atoms with Crippen molar-refractivity contribution in [1.29, 1.82) is 0 Å². The number of carbonyl (C=O) groups excluding carboxylic acids is 1. The highest BCUT2D eigenvalue weighted by molar-refractivity contribution is 6.03. The minimum Gasteiger partial charge on any atom is -0.491 e. The SMILES string of the molecule is Cc1cc(C(=O)Nc2ccc(OC(C)C)cc2)nc(Nc2ccc(F)c(F)c2)n1. The summed E-state index contributed by atoms with van der Waals surface area (Å²) in [6, 6.07) is 11.8. The molecule has 3 rings (SSSR count). The molecular formula is C21H20F2N4O2. The zero-order valence-corrected chi connectivity index (χ0v) is 16.2. The fourth-order valence-corrected chi connectivity index (χ4v) is 2.53. The van der Waals surface area contributed by atoms with Gasteiger partial charge in [-0.05, 0) is 63.2 Å². The van der Waals surface area contributed by atoms with Crippen molar-refractivity contribution in [3.05, 3.63) is 71.6 Å². The minimum atomic E-state index is -0.995. The lowest BCUT2D eigenvalue weighted by Gasteiger charge is -2.11. The van der Waals surface area contributed by atoms with Gasteiger partial charge in [-0.25, -0.2) is 18.7 Å². The van der Waals surface area contributed by atoms with E-state index in [2.05, 4.69) is 20.6 Å². The Hall–Kier alpha value is -3.55.